The smallest absolute Gasteiger partial charge is 0.317 e. The molecule has 1 N–H and O–H groups in total. The van der Waals surface area contributed by atoms with Crippen molar-refractivity contribution in [2.24, 2.45) is 0 Å². The summed E-state index contributed by atoms with van der Waals surface area (Å²) in [6.45, 7) is 3.72. The van der Waals surface area contributed by atoms with Crippen molar-refractivity contribution in [2.75, 3.05) is 27.3 Å². The Hall–Kier alpha value is -2.11. The number of benzene rings is 2. The molecule has 0 spiro atoms. The van der Waals surface area contributed by atoms with E-state index in [-0.39, 0.29) is 6.03 Å². The van der Waals surface area contributed by atoms with Crippen LogP contribution in [0.3, 0.4) is 0 Å². The number of hydrogen-bond acceptors (Lipinski definition) is 3. The molecule has 0 aromatic heterocycles. The Labute approximate surface area is 182 Å². The van der Waals surface area contributed by atoms with Gasteiger partial charge >= 0.3 is 6.03 Å². The largest absolute Gasteiger partial charge is 0.493 e. The van der Waals surface area contributed by atoms with Crippen molar-refractivity contribution in [3.63, 3.8) is 0 Å². The molecule has 0 heterocycles. The van der Waals surface area contributed by atoms with Crippen LogP contribution in [0.25, 0.3) is 0 Å². The van der Waals surface area contributed by atoms with Gasteiger partial charge in [-0.1, -0.05) is 48.7 Å². The maximum absolute atomic E-state index is 12.8. The number of hydrogen-bond donors (Lipinski definition) is 1. The van der Waals surface area contributed by atoms with E-state index in [2.05, 4.69) is 12.2 Å². The van der Waals surface area contributed by atoms with E-state index in [4.69, 9.17) is 32.7 Å². The first-order valence-corrected chi connectivity index (χ1v) is 10.4. The van der Waals surface area contributed by atoms with Gasteiger partial charge < -0.3 is 19.7 Å². The highest BCUT2D eigenvalue weighted by Gasteiger charge is 2.16. The highest BCUT2D eigenvalue weighted by Crippen LogP contribution is 2.28. The van der Waals surface area contributed by atoms with Crippen molar-refractivity contribution in [2.45, 2.75) is 32.7 Å². The van der Waals surface area contributed by atoms with Crippen molar-refractivity contribution in [3.8, 4) is 11.5 Å². The third-order valence-electron chi connectivity index (χ3n) is 4.58. The molecule has 0 aliphatic carbocycles. The van der Waals surface area contributed by atoms with E-state index >= 15 is 0 Å². The number of carbonyl (C=O) groups is 1. The van der Waals surface area contributed by atoms with Crippen molar-refractivity contribution >= 4 is 29.2 Å². The highest BCUT2D eigenvalue weighted by molar-refractivity contribution is 6.35. The van der Waals surface area contributed by atoms with Crippen LogP contribution in [-0.2, 0) is 13.0 Å². The van der Waals surface area contributed by atoms with Crippen molar-refractivity contribution < 1.29 is 14.3 Å². The van der Waals surface area contributed by atoms with Crippen LogP contribution in [0.4, 0.5) is 4.79 Å². The quantitative estimate of drug-likeness (QED) is 0.493. The summed E-state index contributed by atoms with van der Waals surface area (Å²) in [5.74, 6) is 1.29. The molecule has 0 atom stereocenters. The van der Waals surface area contributed by atoms with Gasteiger partial charge in [-0.25, -0.2) is 4.79 Å². The molecule has 2 aromatic carbocycles. The lowest BCUT2D eigenvalue weighted by Crippen LogP contribution is -2.41. The van der Waals surface area contributed by atoms with E-state index in [9.17, 15) is 4.79 Å². The molecule has 29 heavy (non-hydrogen) atoms. The van der Waals surface area contributed by atoms with Crippen LogP contribution in [-0.4, -0.2) is 38.2 Å². The number of unbranched alkanes of at least 4 members (excludes halogenated alkanes) is 1. The Morgan fingerprint density at radius 1 is 1.07 bits per heavy atom. The van der Waals surface area contributed by atoms with Crippen LogP contribution in [0, 0.1) is 0 Å². The molecule has 0 saturated carbocycles. The number of nitrogens with one attached hydrogen (secondary N) is 1. The molecular formula is C22H28Cl2N2O3. The Morgan fingerprint density at radius 3 is 2.48 bits per heavy atom. The van der Waals surface area contributed by atoms with Gasteiger partial charge in [-0.05, 0) is 48.2 Å². The van der Waals surface area contributed by atoms with Crippen LogP contribution in [0.5, 0.6) is 11.5 Å². The van der Waals surface area contributed by atoms with Crippen LogP contribution < -0.4 is 14.8 Å². The minimum atomic E-state index is -0.0988. The number of nitrogens with zero attached hydrogens (tertiary/aromatic N) is 1. The molecule has 0 aliphatic rings. The first-order valence-electron chi connectivity index (χ1n) is 9.66. The fraction of sp³-hybridized carbons (Fsp3) is 0.409. The Morgan fingerprint density at radius 2 is 1.83 bits per heavy atom. The molecule has 0 radical (unpaired) electrons. The van der Waals surface area contributed by atoms with Gasteiger partial charge in [0.25, 0.3) is 0 Å². The van der Waals surface area contributed by atoms with Gasteiger partial charge in [0.05, 0.1) is 14.2 Å². The molecule has 0 fully saturated rings. The van der Waals surface area contributed by atoms with E-state index in [0.717, 1.165) is 24.0 Å². The lowest BCUT2D eigenvalue weighted by molar-refractivity contribution is 0.195. The third-order valence-corrected chi connectivity index (χ3v) is 5.17. The Bertz CT molecular complexity index is 815. The van der Waals surface area contributed by atoms with Crippen molar-refractivity contribution in [1.82, 2.24) is 10.2 Å². The first-order chi connectivity index (χ1) is 14.0. The summed E-state index contributed by atoms with van der Waals surface area (Å²) < 4.78 is 10.7. The van der Waals surface area contributed by atoms with E-state index in [1.807, 2.05) is 30.3 Å². The van der Waals surface area contributed by atoms with Gasteiger partial charge in [-0.15, -0.1) is 0 Å². The van der Waals surface area contributed by atoms with Gasteiger partial charge in [0.15, 0.2) is 11.5 Å². The van der Waals surface area contributed by atoms with Gasteiger partial charge in [-0.2, -0.15) is 0 Å². The van der Waals surface area contributed by atoms with Crippen LogP contribution in [0.15, 0.2) is 36.4 Å². The predicted octanol–water partition coefficient (Wildman–Crippen LogP) is 5.57. The zero-order valence-electron chi connectivity index (χ0n) is 17.1. The van der Waals surface area contributed by atoms with Gasteiger partial charge in [0.2, 0.25) is 0 Å². The maximum atomic E-state index is 12.8. The van der Waals surface area contributed by atoms with Crippen LogP contribution in [0.1, 0.15) is 30.9 Å². The predicted molar refractivity (Wildman–Crippen MR) is 118 cm³/mol. The van der Waals surface area contributed by atoms with Crippen molar-refractivity contribution in [1.29, 1.82) is 0 Å². The van der Waals surface area contributed by atoms with Crippen molar-refractivity contribution in [3.05, 3.63) is 57.6 Å². The number of amides is 2. The second-order valence-electron chi connectivity index (χ2n) is 6.68. The molecule has 2 amide bonds. The second kappa shape index (κ2) is 11.8. The fourth-order valence-electron chi connectivity index (χ4n) is 2.92. The van der Waals surface area contributed by atoms with Gasteiger partial charge in [0, 0.05) is 29.7 Å². The summed E-state index contributed by atoms with van der Waals surface area (Å²) in [5, 5.41) is 4.19. The molecule has 0 aliphatic heterocycles. The van der Waals surface area contributed by atoms with Crippen LogP contribution >= 0.6 is 23.2 Å². The lowest BCUT2D eigenvalue weighted by atomic mass is 10.1. The molecular weight excluding hydrogens is 411 g/mol. The number of methoxy groups -OCH3 is 2. The fourth-order valence-corrected chi connectivity index (χ4v) is 3.42. The Balaban J connectivity index is 2.14. The van der Waals surface area contributed by atoms with E-state index in [0.29, 0.717) is 47.6 Å². The van der Waals surface area contributed by atoms with E-state index in [1.54, 1.807) is 25.2 Å². The lowest BCUT2D eigenvalue weighted by Gasteiger charge is -2.24. The molecule has 2 rings (SSSR count). The standard InChI is InChI=1S/C22H28Cl2N2O3/c1-4-5-11-25-22(27)26(12-10-17-7-8-18(23)14-19(17)24)15-16-6-9-20(28-2)21(13-16)29-3/h6-9,13-14H,4-5,10-12,15H2,1-3H3,(H,25,27). The average Bonchev–Trinajstić information content (AvgIpc) is 2.72. The Kier molecular flexibility index (Phi) is 9.42. The van der Waals surface area contributed by atoms with Gasteiger partial charge in [-0.3, -0.25) is 0 Å². The average molecular weight is 439 g/mol. The van der Waals surface area contributed by atoms with E-state index in [1.165, 1.54) is 0 Å². The summed E-state index contributed by atoms with van der Waals surface area (Å²) >= 11 is 12.3. The SMILES string of the molecule is CCCCNC(=O)N(CCc1ccc(Cl)cc1Cl)Cc1ccc(OC)c(OC)c1. The molecule has 7 heteroatoms. The normalized spacial score (nSPS) is 10.5. The summed E-state index contributed by atoms with van der Waals surface area (Å²) in [7, 11) is 3.19. The zero-order chi connectivity index (χ0) is 21.2. The molecule has 2 aromatic rings. The molecule has 0 saturated heterocycles. The van der Waals surface area contributed by atoms with Crippen LogP contribution in [0.2, 0.25) is 10.0 Å². The number of ether oxygens (including phenoxy) is 2. The number of carbonyl (C=O) groups excluding carboxylic acids is 1. The monoisotopic (exact) mass is 438 g/mol. The summed E-state index contributed by atoms with van der Waals surface area (Å²) in [5.41, 5.74) is 1.91. The maximum Gasteiger partial charge on any atom is 0.317 e. The molecule has 158 valence electrons. The minimum absolute atomic E-state index is 0.0988. The first kappa shape index (κ1) is 23.2. The number of halogens is 2. The molecule has 0 bridgehead atoms. The summed E-state index contributed by atoms with van der Waals surface area (Å²) in [6, 6.07) is 11.0. The van der Waals surface area contributed by atoms with Gasteiger partial charge in [0.1, 0.15) is 0 Å². The zero-order valence-corrected chi connectivity index (χ0v) is 18.6. The summed E-state index contributed by atoms with van der Waals surface area (Å²) in [6.07, 6.45) is 2.60. The van der Waals surface area contributed by atoms with E-state index < -0.39 is 0 Å². The number of rotatable bonds is 10. The molecule has 0 unspecified atom stereocenters. The highest BCUT2D eigenvalue weighted by atomic mass is 35.5. The molecule has 5 nitrogen and oxygen atoms in total. The summed E-state index contributed by atoms with van der Waals surface area (Å²) in [4.78, 5) is 14.5. The third kappa shape index (κ3) is 7.02. The topological polar surface area (TPSA) is 50.8 Å². The minimum Gasteiger partial charge on any atom is -0.493 e. The second-order valence-corrected chi connectivity index (χ2v) is 7.53. The number of urea groups is 1.